The van der Waals surface area contributed by atoms with Gasteiger partial charge in [-0.25, -0.2) is 0 Å². The van der Waals surface area contributed by atoms with Gasteiger partial charge in [0.05, 0.1) is 12.0 Å². The van der Waals surface area contributed by atoms with Crippen LogP contribution in [0.1, 0.15) is 25.5 Å². The van der Waals surface area contributed by atoms with Crippen molar-refractivity contribution >= 4 is 29.5 Å². The number of nitrogens with zero attached hydrogens (tertiary/aromatic N) is 1. The fourth-order valence-electron chi connectivity index (χ4n) is 3.20. The van der Waals surface area contributed by atoms with E-state index in [1.54, 1.807) is 13.8 Å². The second kappa shape index (κ2) is 7.40. The van der Waals surface area contributed by atoms with Gasteiger partial charge < -0.3 is 31.0 Å². The summed E-state index contributed by atoms with van der Waals surface area (Å²) in [6.45, 7) is 3.45. The van der Waals surface area contributed by atoms with E-state index in [1.165, 1.54) is 40.9 Å². The Labute approximate surface area is 176 Å². The van der Waals surface area contributed by atoms with Gasteiger partial charge in [-0.3, -0.25) is 9.59 Å². The molecule has 2 fully saturated rings. The first-order valence-corrected chi connectivity index (χ1v) is 8.57. The Morgan fingerprint density at radius 2 is 1.92 bits per heavy atom. The van der Waals surface area contributed by atoms with Crippen LogP contribution >= 0.6 is 11.8 Å². The second-order valence-corrected chi connectivity index (χ2v) is 8.41. The molecule has 2 amide bonds. The van der Waals surface area contributed by atoms with Gasteiger partial charge in [0.25, 0.3) is 0 Å². The molecular formula is C16H18N3NaO5S. The largest absolute Gasteiger partial charge is 1.00 e. The number of aliphatic carboxylic acids is 1. The van der Waals surface area contributed by atoms with E-state index >= 15 is 0 Å². The molecule has 2 heterocycles. The third-order valence-corrected chi connectivity index (χ3v) is 6.07. The fraction of sp³-hybridized carbons (Fsp3) is 0.438. The molecule has 2 saturated heterocycles. The number of nitrogens with two attached hydrogens (primary N) is 1. The molecule has 4 atom stereocenters. The van der Waals surface area contributed by atoms with Crippen molar-refractivity contribution in [2.45, 2.75) is 42.1 Å². The fourth-order valence-corrected chi connectivity index (χ4v) is 4.82. The zero-order valence-corrected chi connectivity index (χ0v) is 17.4. The average Bonchev–Trinajstić information content (AvgIpc) is 2.80. The first-order valence-electron chi connectivity index (χ1n) is 7.69. The Morgan fingerprint density at radius 1 is 1.35 bits per heavy atom. The van der Waals surface area contributed by atoms with Gasteiger partial charge in [0.2, 0.25) is 11.8 Å². The number of rotatable bonds is 4. The molecule has 0 aromatic heterocycles. The molecule has 0 bridgehead atoms. The number of benzene rings is 1. The monoisotopic (exact) mass is 387 g/mol. The summed E-state index contributed by atoms with van der Waals surface area (Å²) in [5, 5.41) is 22.8. The minimum Gasteiger partial charge on any atom is -0.548 e. The number of phenolic OH excluding ortho intramolecular Hbond substituents is 1. The van der Waals surface area contributed by atoms with E-state index in [-0.39, 0.29) is 35.3 Å². The number of hydrogen-bond donors (Lipinski definition) is 3. The number of carboxylic acid groups (broad SMARTS) is 1. The normalized spacial score (nSPS) is 27.0. The number of carbonyl (C=O) groups is 3. The van der Waals surface area contributed by atoms with Crippen molar-refractivity contribution in [2.75, 3.05) is 0 Å². The van der Waals surface area contributed by atoms with Crippen LogP contribution in [0.3, 0.4) is 0 Å². The van der Waals surface area contributed by atoms with Gasteiger partial charge in [0, 0.05) is 4.75 Å². The molecule has 3 rings (SSSR count). The Morgan fingerprint density at radius 3 is 2.46 bits per heavy atom. The maximum Gasteiger partial charge on any atom is 1.00 e. The predicted molar refractivity (Wildman–Crippen MR) is 88.1 cm³/mol. The van der Waals surface area contributed by atoms with Crippen molar-refractivity contribution < 1.29 is 54.2 Å². The van der Waals surface area contributed by atoms with Crippen LogP contribution in [0.25, 0.3) is 0 Å². The number of thioether (sulfide) groups is 1. The van der Waals surface area contributed by atoms with Gasteiger partial charge >= 0.3 is 29.6 Å². The quantitative estimate of drug-likeness (QED) is 0.351. The van der Waals surface area contributed by atoms with Crippen LogP contribution in [0.2, 0.25) is 0 Å². The topological polar surface area (TPSA) is 136 Å². The molecule has 1 aromatic carbocycles. The minimum atomic E-state index is -1.31. The molecule has 10 heteroatoms. The van der Waals surface area contributed by atoms with Crippen molar-refractivity contribution in [1.29, 1.82) is 0 Å². The van der Waals surface area contributed by atoms with Crippen LogP contribution in [0, 0.1) is 0 Å². The van der Waals surface area contributed by atoms with E-state index in [9.17, 15) is 24.6 Å². The molecule has 0 saturated carbocycles. The number of β-lactam (4-membered cyclic amide) rings is 1. The van der Waals surface area contributed by atoms with E-state index < -0.39 is 46.0 Å². The Bertz CT molecular complexity index is 742. The third-order valence-electron chi connectivity index (χ3n) is 4.50. The molecule has 134 valence electrons. The summed E-state index contributed by atoms with van der Waals surface area (Å²) < 4.78 is -0.711. The number of phenols is 1. The molecule has 0 spiro atoms. The Kier molecular flexibility index (Phi) is 5.99. The second-order valence-electron chi connectivity index (χ2n) is 6.63. The first-order chi connectivity index (χ1) is 11.6. The van der Waals surface area contributed by atoms with Crippen molar-refractivity contribution in [2.24, 2.45) is 5.73 Å². The maximum atomic E-state index is 12.3. The predicted octanol–water partition coefficient (Wildman–Crippen LogP) is -4.31. The number of hydrogen-bond acceptors (Lipinski definition) is 7. The van der Waals surface area contributed by atoms with E-state index in [0.29, 0.717) is 5.56 Å². The smallest absolute Gasteiger partial charge is 0.548 e. The summed E-state index contributed by atoms with van der Waals surface area (Å²) in [6, 6.07) is 3.02. The number of amides is 2. The van der Waals surface area contributed by atoms with Gasteiger partial charge in [-0.1, -0.05) is 12.1 Å². The minimum absolute atomic E-state index is 0. The van der Waals surface area contributed by atoms with Gasteiger partial charge in [-0.05, 0) is 31.5 Å². The number of carbonyl (C=O) groups excluding carboxylic acids is 3. The zero-order chi connectivity index (χ0) is 18.5. The number of nitrogens with one attached hydrogen (secondary N) is 1. The SMILES string of the molecule is CC1(C)S[C@H]2[C@@H](NC(=O)[C@H](N)c3ccc(O)cc3)C(=O)N2[C@H]1C(=O)[O-].[Na+]. The Hall–Kier alpha value is -1.26. The van der Waals surface area contributed by atoms with Gasteiger partial charge in [-0.15, -0.1) is 11.8 Å². The van der Waals surface area contributed by atoms with Gasteiger partial charge in [0.1, 0.15) is 23.2 Å². The Balaban J connectivity index is 0.00000243. The van der Waals surface area contributed by atoms with Crippen LogP contribution in [0.15, 0.2) is 24.3 Å². The molecule has 8 nitrogen and oxygen atoms in total. The maximum absolute atomic E-state index is 12.3. The molecule has 2 aliphatic heterocycles. The van der Waals surface area contributed by atoms with E-state index in [4.69, 9.17) is 5.73 Å². The number of aromatic hydroxyl groups is 1. The summed E-state index contributed by atoms with van der Waals surface area (Å²) in [5.41, 5.74) is 6.39. The van der Waals surface area contributed by atoms with Gasteiger partial charge in [-0.2, -0.15) is 0 Å². The zero-order valence-electron chi connectivity index (χ0n) is 14.6. The number of fused-ring (bicyclic) bond motifs is 1. The van der Waals surface area contributed by atoms with Gasteiger partial charge in [0.15, 0.2) is 0 Å². The summed E-state index contributed by atoms with van der Waals surface area (Å²) in [4.78, 5) is 37.3. The molecule has 0 aliphatic carbocycles. The summed E-state index contributed by atoms with van der Waals surface area (Å²) in [6.07, 6.45) is 0. The van der Waals surface area contributed by atoms with Crippen molar-refractivity contribution in [3.63, 3.8) is 0 Å². The van der Waals surface area contributed by atoms with Crippen LogP contribution in [0.5, 0.6) is 5.75 Å². The van der Waals surface area contributed by atoms with Crippen LogP contribution < -0.4 is 45.7 Å². The standard InChI is InChI=1S/C16H19N3O5S.Na/c1-16(2)11(15(23)24)19-13(22)10(14(19)25-16)18-12(21)9(17)7-3-5-8(20)6-4-7;/h3-6,9-11,14,20H,17H2,1-2H3,(H,18,21)(H,23,24);/q;+1/p-1/t9-,10+,11+,14+;/m1./s1. The molecule has 26 heavy (non-hydrogen) atoms. The summed E-state index contributed by atoms with van der Waals surface area (Å²) >= 11 is 1.31. The molecule has 0 radical (unpaired) electrons. The average molecular weight is 387 g/mol. The van der Waals surface area contributed by atoms with E-state index in [0.717, 1.165) is 0 Å². The molecule has 1 aromatic rings. The van der Waals surface area contributed by atoms with Crippen molar-refractivity contribution in [3.8, 4) is 5.75 Å². The molecule has 4 N–H and O–H groups in total. The first kappa shape index (κ1) is 21.0. The molecule has 0 unspecified atom stereocenters. The number of carboxylic acids is 1. The van der Waals surface area contributed by atoms with Crippen molar-refractivity contribution in [1.82, 2.24) is 10.2 Å². The van der Waals surface area contributed by atoms with E-state index in [1.807, 2.05) is 0 Å². The van der Waals surface area contributed by atoms with Crippen LogP contribution in [-0.4, -0.2) is 50.0 Å². The van der Waals surface area contributed by atoms with Crippen LogP contribution in [-0.2, 0) is 14.4 Å². The van der Waals surface area contributed by atoms with Crippen LogP contribution in [0.4, 0.5) is 0 Å². The summed E-state index contributed by atoms with van der Waals surface area (Å²) in [5.74, 6) is -2.25. The molecule has 2 aliphatic rings. The molecular weight excluding hydrogens is 369 g/mol. The van der Waals surface area contributed by atoms with E-state index in [2.05, 4.69) is 5.32 Å². The van der Waals surface area contributed by atoms with Crippen molar-refractivity contribution in [3.05, 3.63) is 29.8 Å². The summed E-state index contributed by atoms with van der Waals surface area (Å²) in [7, 11) is 0. The third kappa shape index (κ3) is 3.46.